The minimum atomic E-state index is 0.267. The molecule has 2 rings (SSSR count). The van der Waals surface area contributed by atoms with Crippen molar-refractivity contribution in [1.29, 1.82) is 0 Å². The van der Waals surface area contributed by atoms with E-state index in [9.17, 15) is 0 Å². The van der Waals surface area contributed by atoms with Crippen LogP contribution in [0, 0.1) is 0 Å². The number of morpholine rings is 1. The number of thiazole rings is 1. The van der Waals surface area contributed by atoms with Gasteiger partial charge in [0, 0.05) is 18.5 Å². The predicted octanol–water partition coefficient (Wildman–Crippen LogP) is 1.34. The molecule has 0 aliphatic carbocycles. The van der Waals surface area contributed by atoms with Crippen LogP contribution in [0.4, 0.5) is 10.9 Å². The van der Waals surface area contributed by atoms with Crippen molar-refractivity contribution in [3.8, 4) is 0 Å². The number of anilines is 2. The van der Waals surface area contributed by atoms with Gasteiger partial charge in [-0.15, -0.1) is 11.3 Å². The van der Waals surface area contributed by atoms with Crippen LogP contribution < -0.4 is 10.6 Å². The Balaban J connectivity index is 2.10. The molecule has 0 radical (unpaired) electrons. The number of nitrogens with zero attached hydrogens (tertiary/aromatic N) is 2. The van der Waals surface area contributed by atoms with E-state index in [-0.39, 0.29) is 12.2 Å². The summed E-state index contributed by atoms with van der Waals surface area (Å²) < 4.78 is 5.65. The van der Waals surface area contributed by atoms with Gasteiger partial charge in [0.25, 0.3) is 0 Å². The summed E-state index contributed by atoms with van der Waals surface area (Å²) in [4.78, 5) is 6.51. The highest BCUT2D eigenvalue weighted by Gasteiger charge is 2.23. The van der Waals surface area contributed by atoms with Gasteiger partial charge < -0.3 is 15.4 Å². The van der Waals surface area contributed by atoms with Crippen LogP contribution in [0.3, 0.4) is 0 Å². The summed E-state index contributed by atoms with van der Waals surface area (Å²) in [5, 5.41) is 2.88. The molecule has 0 aromatic carbocycles. The number of nitrogens with two attached hydrogens (primary N) is 1. The van der Waals surface area contributed by atoms with Gasteiger partial charge in [-0.2, -0.15) is 0 Å². The number of hydrogen-bond acceptors (Lipinski definition) is 5. The van der Waals surface area contributed by atoms with Crippen molar-refractivity contribution in [2.45, 2.75) is 26.1 Å². The maximum atomic E-state index is 5.65. The van der Waals surface area contributed by atoms with Crippen molar-refractivity contribution >= 4 is 22.3 Å². The van der Waals surface area contributed by atoms with Crippen LogP contribution in [-0.2, 0) is 4.74 Å². The summed E-state index contributed by atoms with van der Waals surface area (Å²) in [5.74, 6) is 0.608. The minimum absolute atomic E-state index is 0.267. The molecule has 2 heterocycles. The maximum absolute atomic E-state index is 5.65. The van der Waals surface area contributed by atoms with Crippen molar-refractivity contribution in [2.75, 3.05) is 23.7 Å². The van der Waals surface area contributed by atoms with E-state index in [1.165, 1.54) is 0 Å². The molecule has 1 aromatic rings. The number of aromatic nitrogens is 1. The highest BCUT2D eigenvalue weighted by atomic mass is 32.1. The summed E-state index contributed by atoms with van der Waals surface area (Å²) in [6.07, 6.45) is 0.535. The molecule has 2 N–H and O–H groups in total. The lowest BCUT2D eigenvalue weighted by Crippen LogP contribution is -2.45. The van der Waals surface area contributed by atoms with Crippen molar-refractivity contribution in [3.05, 3.63) is 5.38 Å². The van der Waals surface area contributed by atoms with E-state index in [1.54, 1.807) is 11.3 Å². The first-order valence-corrected chi connectivity index (χ1v) is 5.64. The second kappa shape index (κ2) is 3.74. The van der Waals surface area contributed by atoms with Crippen LogP contribution in [0.2, 0.25) is 0 Å². The van der Waals surface area contributed by atoms with Gasteiger partial charge in [-0.05, 0) is 13.8 Å². The topological polar surface area (TPSA) is 51.4 Å². The Morgan fingerprint density at radius 1 is 1.50 bits per heavy atom. The average molecular weight is 213 g/mol. The maximum Gasteiger partial charge on any atom is 0.187 e. The smallest absolute Gasteiger partial charge is 0.187 e. The van der Waals surface area contributed by atoms with Crippen LogP contribution in [0.1, 0.15) is 13.8 Å². The lowest BCUT2D eigenvalue weighted by molar-refractivity contribution is -0.00522. The van der Waals surface area contributed by atoms with E-state index in [1.807, 2.05) is 5.38 Å². The van der Waals surface area contributed by atoms with Crippen molar-refractivity contribution in [3.63, 3.8) is 0 Å². The fraction of sp³-hybridized carbons (Fsp3) is 0.667. The average Bonchev–Trinajstić information content (AvgIpc) is 2.50. The number of ether oxygens (including phenoxy) is 1. The van der Waals surface area contributed by atoms with E-state index < -0.39 is 0 Å². The molecular formula is C9H15N3OS. The van der Waals surface area contributed by atoms with Crippen LogP contribution in [0.5, 0.6) is 0 Å². The van der Waals surface area contributed by atoms with E-state index in [4.69, 9.17) is 10.5 Å². The van der Waals surface area contributed by atoms with Gasteiger partial charge in [-0.1, -0.05) is 0 Å². The molecule has 1 saturated heterocycles. The molecule has 0 amide bonds. The third-order valence-corrected chi connectivity index (χ3v) is 3.12. The van der Waals surface area contributed by atoms with Crippen molar-refractivity contribution in [2.24, 2.45) is 0 Å². The van der Waals surface area contributed by atoms with E-state index >= 15 is 0 Å². The third kappa shape index (κ3) is 1.99. The first kappa shape index (κ1) is 9.73. The lowest BCUT2D eigenvalue weighted by atomic mass is 10.2. The van der Waals surface area contributed by atoms with Gasteiger partial charge in [0.1, 0.15) is 5.82 Å². The first-order valence-electron chi connectivity index (χ1n) is 4.76. The van der Waals surface area contributed by atoms with Gasteiger partial charge in [0.05, 0.1) is 12.2 Å². The highest BCUT2D eigenvalue weighted by Crippen LogP contribution is 2.24. The Morgan fingerprint density at radius 2 is 2.14 bits per heavy atom. The Hall–Kier alpha value is -0.810. The molecule has 4 nitrogen and oxygen atoms in total. The quantitative estimate of drug-likeness (QED) is 0.765. The molecule has 1 aromatic heterocycles. The Morgan fingerprint density at radius 3 is 2.64 bits per heavy atom. The molecule has 2 unspecified atom stereocenters. The SMILES string of the molecule is CC1CN(c2nc(N)cs2)CC(C)O1. The molecule has 0 spiro atoms. The first-order chi connectivity index (χ1) is 6.65. The number of nitrogen functional groups attached to an aromatic ring is 1. The zero-order valence-corrected chi connectivity index (χ0v) is 9.25. The second-order valence-corrected chi connectivity index (χ2v) is 4.55. The molecule has 1 aliphatic heterocycles. The van der Waals surface area contributed by atoms with Crippen LogP contribution in [0.25, 0.3) is 0 Å². The van der Waals surface area contributed by atoms with Gasteiger partial charge >= 0.3 is 0 Å². The fourth-order valence-electron chi connectivity index (χ4n) is 1.76. The van der Waals surface area contributed by atoms with Gasteiger partial charge in [0.15, 0.2) is 5.13 Å². The van der Waals surface area contributed by atoms with Gasteiger partial charge in [-0.25, -0.2) is 4.98 Å². The second-order valence-electron chi connectivity index (χ2n) is 3.72. The fourth-order valence-corrected chi connectivity index (χ4v) is 2.49. The Bertz CT molecular complexity index is 305. The summed E-state index contributed by atoms with van der Waals surface area (Å²) >= 11 is 1.59. The van der Waals surface area contributed by atoms with Crippen LogP contribution >= 0.6 is 11.3 Å². The molecular weight excluding hydrogens is 198 g/mol. The minimum Gasteiger partial charge on any atom is -0.383 e. The molecule has 1 aliphatic rings. The zero-order chi connectivity index (χ0) is 10.1. The van der Waals surface area contributed by atoms with Gasteiger partial charge in [-0.3, -0.25) is 0 Å². The summed E-state index contributed by atoms with van der Waals surface area (Å²) in [5.41, 5.74) is 5.60. The predicted molar refractivity (Wildman–Crippen MR) is 58.7 cm³/mol. The Labute approximate surface area is 87.7 Å². The molecule has 5 heteroatoms. The lowest BCUT2D eigenvalue weighted by Gasteiger charge is -2.35. The van der Waals surface area contributed by atoms with E-state index in [2.05, 4.69) is 23.7 Å². The van der Waals surface area contributed by atoms with Crippen LogP contribution in [-0.4, -0.2) is 30.3 Å². The Kier molecular flexibility index (Phi) is 2.60. The zero-order valence-electron chi connectivity index (χ0n) is 8.43. The molecule has 14 heavy (non-hydrogen) atoms. The molecule has 0 bridgehead atoms. The van der Waals surface area contributed by atoms with Crippen LogP contribution in [0.15, 0.2) is 5.38 Å². The third-order valence-electron chi connectivity index (χ3n) is 2.20. The standard InChI is InChI=1S/C9H15N3OS/c1-6-3-12(4-7(2)13-6)9-11-8(10)5-14-9/h5-7H,3-4,10H2,1-2H3. The largest absolute Gasteiger partial charge is 0.383 e. The molecule has 1 fully saturated rings. The highest BCUT2D eigenvalue weighted by molar-refractivity contribution is 7.14. The van der Waals surface area contributed by atoms with E-state index in [0.717, 1.165) is 18.2 Å². The molecule has 2 atom stereocenters. The van der Waals surface area contributed by atoms with Gasteiger partial charge in [0.2, 0.25) is 0 Å². The normalized spacial score (nSPS) is 28.0. The monoisotopic (exact) mass is 213 g/mol. The number of hydrogen-bond donors (Lipinski definition) is 1. The summed E-state index contributed by atoms with van der Waals surface area (Å²) in [6.45, 7) is 5.97. The van der Waals surface area contributed by atoms with E-state index in [0.29, 0.717) is 5.82 Å². The van der Waals surface area contributed by atoms with Crippen molar-refractivity contribution in [1.82, 2.24) is 4.98 Å². The summed E-state index contributed by atoms with van der Waals surface area (Å²) in [6, 6.07) is 0. The molecule has 0 saturated carbocycles. The number of rotatable bonds is 1. The van der Waals surface area contributed by atoms with Crippen molar-refractivity contribution < 1.29 is 4.74 Å². The molecule has 78 valence electrons. The summed E-state index contributed by atoms with van der Waals surface area (Å²) in [7, 11) is 0.